The number of nitrogens with zero attached hydrogens (tertiary/aromatic N) is 4. The Labute approximate surface area is 153 Å². The fourth-order valence-corrected chi connectivity index (χ4v) is 3.56. The average Bonchev–Trinajstić information content (AvgIpc) is 2.93. The van der Waals surface area contributed by atoms with Crippen molar-refractivity contribution < 1.29 is 9.47 Å². The van der Waals surface area contributed by atoms with E-state index in [0.717, 1.165) is 62.5 Å². The Balaban J connectivity index is 1.29. The van der Waals surface area contributed by atoms with Gasteiger partial charge in [-0.25, -0.2) is 4.98 Å². The van der Waals surface area contributed by atoms with Crippen molar-refractivity contribution in [3.05, 3.63) is 36.2 Å². The smallest absolute Gasteiger partial charge is 0.205 e. The van der Waals surface area contributed by atoms with Gasteiger partial charge >= 0.3 is 0 Å². The lowest BCUT2D eigenvalue weighted by atomic mass is 10.3. The Bertz CT molecular complexity index is 623. The van der Waals surface area contributed by atoms with Gasteiger partial charge in [0.15, 0.2) is 0 Å². The monoisotopic (exact) mass is 362 g/mol. The summed E-state index contributed by atoms with van der Waals surface area (Å²) in [5, 5.41) is 1.05. The van der Waals surface area contributed by atoms with Crippen LogP contribution < -0.4 is 9.64 Å². The first-order valence-corrected chi connectivity index (χ1v) is 9.62. The lowest BCUT2D eigenvalue weighted by molar-refractivity contribution is 0.0811. The van der Waals surface area contributed by atoms with Gasteiger partial charge in [0.05, 0.1) is 13.2 Å². The van der Waals surface area contributed by atoms with Gasteiger partial charge in [-0.05, 0) is 32.0 Å². The number of rotatable bonds is 8. The first-order valence-electron chi connectivity index (χ1n) is 8.84. The van der Waals surface area contributed by atoms with Crippen molar-refractivity contribution in [2.24, 2.45) is 0 Å². The summed E-state index contributed by atoms with van der Waals surface area (Å²) in [7, 11) is 0. The molecule has 1 aromatic carbocycles. The molecule has 0 bridgehead atoms. The molecule has 0 N–H and O–H groups in total. The van der Waals surface area contributed by atoms with Crippen LogP contribution in [0.3, 0.4) is 0 Å². The zero-order valence-corrected chi connectivity index (χ0v) is 15.6. The second-order valence-corrected chi connectivity index (χ2v) is 6.81. The molecule has 0 saturated carbocycles. The van der Waals surface area contributed by atoms with Crippen molar-refractivity contribution in [3.8, 4) is 5.75 Å². The summed E-state index contributed by atoms with van der Waals surface area (Å²) in [5.41, 5.74) is 0. The summed E-state index contributed by atoms with van der Waals surface area (Å²) in [6.45, 7) is 9.09. The van der Waals surface area contributed by atoms with Gasteiger partial charge in [0.2, 0.25) is 5.13 Å². The molecule has 0 unspecified atom stereocenters. The normalized spacial score (nSPS) is 16.0. The van der Waals surface area contributed by atoms with Gasteiger partial charge < -0.3 is 14.4 Å². The number of hydrogen-bond donors (Lipinski definition) is 0. The molecule has 0 aliphatic carbocycles. The third-order valence-electron chi connectivity index (χ3n) is 4.17. The number of ether oxygens (including phenoxy) is 2. The molecule has 1 aliphatic rings. The Morgan fingerprint density at radius 1 is 1.04 bits per heavy atom. The fraction of sp³-hybridized carbons (Fsp3) is 0.556. The predicted octanol–water partition coefficient (Wildman–Crippen LogP) is 2.45. The Morgan fingerprint density at radius 3 is 2.72 bits per heavy atom. The molecule has 136 valence electrons. The summed E-state index contributed by atoms with van der Waals surface area (Å²) in [6.07, 6.45) is 1.15. The maximum absolute atomic E-state index is 5.71. The summed E-state index contributed by atoms with van der Waals surface area (Å²) in [6, 6.07) is 9.85. The highest BCUT2D eigenvalue weighted by Gasteiger charge is 2.17. The number of aromatic nitrogens is 2. The van der Waals surface area contributed by atoms with E-state index in [1.54, 1.807) is 0 Å². The molecule has 7 heteroatoms. The van der Waals surface area contributed by atoms with E-state index in [1.807, 2.05) is 37.3 Å². The van der Waals surface area contributed by atoms with E-state index < -0.39 is 0 Å². The highest BCUT2D eigenvalue weighted by atomic mass is 32.1. The highest BCUT2D eigenvalue weighted by Crippen LogP contribution is 2.18. The van der Waals surface area contributed by atoms with Crippen LogP contribution in [-0.4, -0.2) is 66.8 Å². The molecule has 2 heterocycles. The van der Waals surface area contributed by atoms with Crippen molar-refractivity contribution in [3.63, 3.8) is 0 Å². The van der Waals surface area contributed by atoms with Crippen LogP contribution in [0.15, 0.2) is 30.3 Å². The maximum atomic E-state index is 5.71. The summed E-state index contributed by atoms with van der Waals surface area (Å²) in [4.78, 5) is 9.31. The van der Waals surface area contributed by atoms with Gasteiger partial charge in [-0.15, -0.1) is 0 Å². The first kappa shape index (κ1) is 18.1. The van der Waals surface area contributed by atoms with Crippen LogP contribution >= 0.6 is 11.5 Å². The largest absolute Gasteiger partial charge is 0.491 e. The van der Waals surface area contributed by atoms with E-state index >= 15 is 0 Å². The van der Waals surface area contributed by atoms with Crippen LogP contribution in [0, 0.1) is 6.92 Å². The van der Waals surface area contributed by atoms with Gasteiger partial charge in [0, 0.05) is 37.7 Å². The number of aryl methyl sites for hydroxylation is 1. The third-order valence-corrected chi connectivity index (χ3v) is 5.04. The molecular formula is C18H26N4O2S. The summed E-state index contributed by atoms with van der Waals surface area (Å²) < 4.78 is 15.6. The van der Waals surface area contributed by atoms with Gasteiger partial charge in [-0.1, -0.05) is 18.2 Å². The van der Waals surface area contributed by atoms with Crippen LogP contribution in [0.5, 0.6) is 5.75 Å². The van der Waals surface area contributed by atoms with Crippen LogP contribution in [0.4, 0.5) is 5.13 Å². The molecule has 25 heavy (non-hydrogen) atoms. The molecule has 1 saturated heterocycles. The highest BCUT2D eigenvalue weighted by molar-refractivity contribution is 7.09. The molecule has 2 aromatic rings. The van der Waals surface area contributed by atoms with E-state index in [1.165, 1.54) is 11.5 Å². The molecule has 0 amide bonds. The van der Waals surface area contributed by atoms with E-state index in [2.05, 4.69) is 19.2 Å². The summed E-state index contributed by atoms with van der Waals surface area (Å²) >= 11 is 1.50. The Kier molecular flexibility index (Phi) is 7.02. The number of anilines is 1. The quantitative estimate of drug-likeness (QED) is 0.673. The van der Waals surface area contributed by atoms with Crippen molar-refractivity contribution in [2.75, 3.05) is 57.4 Å². The Hall–Kier alpha value is -1.70. The summed E-state index contributed by atoms with van der Waals surface area (Å²) in [5.74, 6) is 1.76. The van der Waals surface area contributed by atoms with E-state index in [4.69, 9.17) is 9.47 Å². The second-order valence-electron chi connectivity index (χ2n) is 6.08. The third kappa shape index (κ3) is 5.95. The van der Waals surface area contributed by atoms with Gasteiger partial charge in [0.25, 0.3) is 0 Å². The van der Waals surface area contributed by atoms with Crippen molar-refractivity contribution >= 4 is 16.7 Å². The van der Waals surface area contributed by atoms with E-state index in [-0.39, 0.29) is 0 Å². The topological polar surface area (TPSA) is 50.7 Å². The van der Waals surface area contributed by atoms with Gasteiger partial charge in [-0.2, -0.15) is 4.37 Å². The minimum Gasteiger partial charge on any atom is -0.491 e. The van der Waals surface area contributed by atoms with Crippen molar-refractivity contribution in [1.29, 1.82) is 0 Å². The second kappa shape index (κ2) is 9.70. The minimum absolute atomic E-state index is 0.591. The molecule has 0 spiro atoms. The van der Waals surface area contributed by atoms with Crippen molar-refractivity contribution in [1.82, 2.24) is 14.3 Å². The van der Waals surface area contributed by atoms with Crippen LogP contribution in [0.1, 0.15) is 12.2 Å². The van der Waals surface area contributed by atoms with Crippen LogP contribution in [0.25, 0.3) is 0 Å². The molecule has 3 rings (SSSR count). The van der Waals surface area contributed by atoms with Crippen LogP contribution in [-0.2, 0) is 4.74 Å². The number of hydrogen-bond acceptors (Lipinski definition) is 7. The molecule has 0 radical (unpaired) electrons. The number of para-hydroxylation sites is 1. The molecular weight excluding hydrogens is 336 g/mol. The molecule has 1 aliphatic heterocycles. The van der Waals surface area contributed by atoms with E-state index in [9.17, 15) is 0 Å². The standard InChI is InChI=1S/C18H26N4O2S/c1-16-19-18(25-20-16)22-9-5-8-21(10-11-22)12-13-23-14-15-24-17-6-3-2-4-7-17/h2-4,6-7H,5,8-15H2,1H3. The van der Waals surface area contributed by atoms with Gasteiger partial charge in [-0.3, -0.25) is 4.90 Å². The first-order chi connectivity index (χ1) is 12.3. The number of benzene rings is 1. The Morgan fingerprint density at radius 2 is 1.92 bits per heavy atom. The zero-order chi connectivity index (χ0) is 17.3. The zero-order valence-electron chi connectivity index (χ0n) is 14.8. The lowest BCUT2D eigenvalue weighted by Gasteiger charge is -2.21. The SMILES string of the molecule is Cc1nsc(N2CCCN(CCOCCOc3ccccc3)CC2)n1. The van der Waals surface area contributed by atoms with Crippen LogP contribution in [0.2, 0.25) is 0 Å². The molecule has 6 nitrogen and oxygen atoms in total. The van der Waals surface area contributed by atoms with Gasteiger partial charge in [0.1, 0.15) is 18.2 Å². The lowest BCUT2D eigenvalue weighted by Crippen LogP contribution is -2.33. The average molecular weight is 362 g/mol. The van der Waals surface area contributed by atoms with E-state index in [0.29, 0.717) is 13.2 Å². The maximum Gasteiger partial charge on any atom is 0.205 e. The predicted molar refractivity (Wildman–Crippen MR) is 101 cm³/mol. The minimum atomic E-state index is 0.591. The fourth-order valence-electron chi connectivity index (χ4n) is 2.83. The molecule has 1 fully saturated rings. The van der Waals surface area contributed by atoms with Crippen molar-refractivity contribution in [2.45, 2.75) is 13.3 Å². The molecule has 0 atom stereocenters. The molecule has 1 aromatic heterocycles.